The number of fused-ring (bicyclic) bond motifs is 1. The Morgan fingerprint density at radius 3 is 2.65 bits per heavy atom. The highest BCUT2D eigenvalue weighted by Crippen LogP contribution is 2.31. The summed E-state index contributed by atoms with van der Waals surface area (Å²) >= 11 is 0. The van der Waals surface area contributed by atoms with E-state index in [-0.39, 0.29) is 11.5 Å². The summed E-state index contributed by atoms with van der Waals surface area (Å²) in [6.45, 7) is 4.72. The predicted molar refractivity (Wildman–Crippen MR) is 96.3 cm³/mol. The second-order valence-corrected chi connectivity index (χ2v) is 6.82. The SMILES string of the molecule is CC(C)CN1C(=O)CCc2cc(NC(=O)c3cc(F)ccc3F)ccc21. The Morgan fingerprint density at radius 1 is 1.15 bits per heavy atom. The van der Waals surface area contributed by atoms with Crippen LogP contribution >= 0.6 is 0 Å². The number of anilines is 2. The van der Waals surface area contributed by atoms with E-state index in [2.05, 4.69) is 5.32 Å². The molecule has 0 radical (unpaired) electrons. The maximum Gasteiger partial charge on any atom is 0.258 e. The highest BCUT2D eigenvalue weighted by atomic mass is 19.1. The van der Waals surface area contributed by atoms with Gasteiger partial charge in [-0.15, -0.1) is 0 Å². The van der Waals surface area contributed by atoms with E-state index >= 15 is 0 Å². The zero-order chi connectivity index (χ0) is 18.8. The number of nitrogens with zero attached hydrogens (tertiary/aromatic N) is 1. The molecule has 26 heavy (non-hydrogen) atoms. The van der Waals surface area contributed by atoms with E-state index in [4.69, 9.17) is 0 Å². The minimum Gasteiger partial charge on any atom is -0.322 e. The van der Waals surface area contributed by atoms with E-state index in [1.54, 1.807) is 23.1 Å². The molecule has 2 aromatic rings. The van der Waals surface area contributed by atoms with Gasteiger partial charge in [-0.2, -0.15) is 0 Å². The molecule has 136 valence electrons. The summed E-state index contributed by atoms with van der Waals surface area (Å²) in [4.78, 5) is 26.2. The molecule has 1 aliphatic heterocycles. The molecule has 0 aliphatic carbocycles. The van der Waals surface area contributed by atoms with Gasteiger partial charge >= 0.3 is 0 Å². The van der Waals surface area contributed by atoms with Crippen LogP contribution in [0.5, 0.6) is 0 Å². The van der Waals surface area contributed by atoms with Gasteiger partial charge in [0.2, 0.25) is 5.91 Å². The summed E-state index contributed by atoms with van der Waals surface area (Å²) in [5, 5.41) is 2.59. The molecule has 0 unspecified atom stereocenters. The quantitative estimate of drug-likeness (QED) is 0.892. The number of hydrogen-bond acceptors (Lipinski definition) is 2. The monoisotopic (exact) mass is 358 g/mol. The van der Waals surface area contributed by atoms with Gasteiger partial charge in [0.25, 0.3) is 5.91 Å². The van der Waals surface area contributed by atoms with E-state index in [0.29, 0.717) is 31.0 Å². The van der Waals surface area contributed by atoms with Crippen molar-refractivity contribution in [1.82, 2.24) is 0 Å². The fraction of sp³-hybridized carbons (Fsp3) is 0.300. The third-order valence-corrected chi connectivity index (χ3v) is 4.26. The second-order valence-electron chi connectivity index (χ2n) is 6.82. The molecular formula is C20H20F2N2O2. The van der Waals surface area contributed by atoms with Gasteiger partial charge in [0, 0.05) is 24.3 Å². The van der Waals surface area contributed by atoms with Gasteiger partial charge in [-0.05, 0) is 54.3 Å². The number of aryl methyl sites for hydroxylation is 1. The normalized spacial score (nSPS) is 13.7. The van der Waals surface area contributed by atoms with Gasteiger partial charge in [0.1, 0.15) is 11.6 Å². The van der Waals surface area contributed by atoms with E-state index in [1.807, 2.05) is 13.8 Å². The molecule has 0 spiro atoms. The Balaban J connectivity index is 1.84. The Hall–Kier alpha value is -2.76. The van der Waals surface area contributed by atoms with Crippen LogP contribution in [-0.4, -0.2) is 18.4 Å². The smallest absolute Gasteiger partial charge is 0.258 e. The molecule has 0 aromatic heterocycles. The topological polar surface area (TPSA) is 49.4 Å². The standard InChI is InChI=1S/C20H20F2N2O2/c1-12(2)11-24-18-7-5-15(9-13(18)3-8-19(24)25)23-20(26)16-10-14(21)4-6-17(16)22/h4-7,9-10,12H,3,8,11H2,1-2H3,(H,23,26). The maximum absolute atomic E-state index is 13.7. The van der Waals surface area contributed by atoms with Crippen LogP contribution < -0.4 is 10.2 Å². The van der Waals surface area contributed by atoms with Crippen molar-refractivity contribution in [2.75, 3.05) is 16.8 Å². The van der Waals surface area contributed by atoms with Crippen LogP contribution in [0.15, 0.2) is 36.4 Å². The highest BCUT2D eigenvalue weighted by Gasteiger charge is 2.25. The third-order valence-electron chi connectivity index (χ3n) is 4.26. The van der Waals surface area contributed by atoms with Crippen LogP contribution in [0.3, 0.4) is 0 Å². The number of hydrogen-bond donors (Lipinski definition) is 1. The Morgan fingerprint density at radius 2 is 1.92 bits per heavy atom. The number of rotatable bonds is 4. The molecule has 2 aromatic carbocycles. The van der Waals surface area contributed by atoms with Crippen molar-refractivity contribution in [2.45, 2.75) is 26.7 Å². The molecule has 2 amide bonds. The van der Waals surface area contributed by atoms with E-state index in [9.17, 15) is 18.4 Å². The van der Waals surface area contributed by atoms with Crippen molar-refractivity contribution < 1.29 is 18.4 Å². The average Bonchev–Trinajstić information content (AvgIpc) is 2.59. The fourth-order valence-corrected chi connectivity index (χ4v) is 3.07. The Bertz CT molecular complexity index is 865. The number of amides is 2. The molecule has 0 fully saturated rings. The number of benzene rings is 2. The van der Waals surface area contributed by atoms with Crippen molar-refractivity contribution in [3.8, 4) is 0 Å². The van der Waals surface area contributed by atoms with E-state index in [1.165, 1.54) is 0 Å². The number of carbonyl (C=O) groups excluding carboxylic acids is 2. The van der Waals surface area contributed by atoms with Crippen molar-refractivity contribution >= 4 is 23.2 Å². The summed E-state index contributed by atoms with van der Waals surface area (Å²) in [5.74, 6) is -1.75. The first-order valence-electron chi connectivity index (χ1n) is 8.55. The van der Waals surface area contributed by atoms with Crippen LogP contribution in [0.25, 0.3) is 0 Å². The molecule has 1 heterocycles. The minimum atomic E-state index is -0.782. The summed E-state index contributed by atoms with van der Waals surface area (Å²) in [7, 11) is 0. The van der Waals surface area contributed by atoms with Gasteiger partial charge in [-0.25, -0.2) is 8.78 Å². The lowest BCUT2D eigenvalue weighted by molar-refractivity contribution is -0.119. The van der Waals surface area contributed by atoms with Gasteiger partial charge in [-0.1, -0.05) is 13.8 Å². The van der Waals surface area contributed by atoms with Crippen LogP contribution in [0.4, 0.5) is 20.2 Å². The first-order chi connectivity index (χ1) is 12.3. The zero-order valence-corrected chi connectivity index (χ0v) is 14.7. The summed E-state index contributed by atoms with van der Waals surface area (Å²) in [5.41, 5.74) is 1.92. The highest BCUT2D eigenvalue weighted by molar-refractivity contribution is 6.05. The van der Waals surface area contributed by atoms with Crippen LogP contribution in [0.1, 0.15) is 36.2 Å². The molecule has 0 bridgehead atoms. The van der Waals surface area contributed by atoms with Gasteiger partial charge < -0.3 is 10.2 Å². The van der Waals surface area contributed by atoms with Crippen LogP contribution in [-0.2, 0) is 11.2 Å². The molecule has 0 saturated heterocycles. The molecular weight excluding hydrogens is 338 g/mol. The first kappa shape index (κ1) is 18.0. The Kier molecular flexibility index (Phi) is 5.02. The van der Waals surface area contributed by atoms with Crippen molar-refractivity contribution in [2.24, 2.45) is 5.92 Å². The lowest BCUT2D eigenvalue weighted by Gasteiger charge is -2.31. The van der Waals surface area contributed by atoms with Crippen molar-refractivity contribution in [1.29, 1.82) is 0 Å². The largest absolute Gasteiger partial charge is 0.322 e. The molecule has 0 saturated carbocycles. The van der Waals surface area contributed by atoms with Gasteiger partial charge in [-0.3, -0.25) is 9.59 Å². The summed E-state index contributed by atoms with van der Waals surface area (Å²) < 4.78 is 27.0. The lowest BCUT2D eigenvalue weighted by Crippen LogP contribution is -2.37. The van der Waals surface area contributed by atoms with Crippen LogP contribution in [0.2, 0.25) is 0 Å². The molecule has 1 N–H and O–H groups in total. The molecule has 1 aliphatic rings. The number of carbonyl (C=O) groups is 2. The molecule has 6 heteroatoms. The number of halogens is 2. The van der Waals surface area contributed by atoms with Crippen LogP contribution in [0, 0.1) is 17.6 Å². The average molecular weight is 358 g/mol. The van der Waals surface area contributed by atoms with E-state index in [0.717, 1.165) is 29.4 Å². The van der Waals surface area contributed by atoms with Gasteiger partial charge in [0.05, 0.1) is 5.56 Å². The first-order valence-corrected chi connectivity index (χ1v) is 8.55. The zero-order valence-electron chi connectivity index (χ0n) is 14.7. The Labute approximate surface area is 150 Å². The minimum absolute atomic E-state index is 0.0878. The van der Waals surface area contributed by atoms with E-state index < -0.39 is 17.5 Å². The maximum atomic E-state index is 13.7. The summed E-state index contributed by atoms with van der Waals surface area (Å²) in [6.07, 6.45) is 0.996. The van der Waals surface area contributed by atoms with Crippen molar-refractivity contribution in [3.05, 3.63) is 59.2 Å². The lowest BCUT2D eigenvalue weighted by atomic mass is 9.99. The molecule has 3 rings (SSSR count). The van der Waals surface area contributed by atoms with Crippen molar-refractivity contribution in [3.63, 3.8) is 0 Å². The predicted octanol–water partition coefficient (Wildman–Crippen LogP) is 4.15. The molecule has 0 atom stereocenters. The molecule has 4 nitrogen and oxygen atoms in total. The van der Waals surface area contributed by atoms with Gasteiger partial charge in [0.15, 0.2) is 0 Å². The third kappa shape index (κ3) is 3.74. The summed E-state index contributed by atoms with van der Waals surface area (Å²) in [6, 6.07) is 7.99. The second kappa shape index (κ2) is 7.23. The fourth-order valence-electron chi connectivity index (χ4n) is 3.07. The number of nitrogens with one attached hydrogen (secondary N) is 1.